The third-order valence-corrected chi connectivity index (χ3v) is 3.84. The second-order valence-corrected chi connectivity index (χ2v) is 5.22. The molecule has 23 heavy (non-hydrogen) atoms. The highest BCUT2D eigenvalue weighted by Crippen LogP contribution is 2.27. The van der Waals surface area contributed by atoms with Crippen molar-refractivity contribution in [3.05, 3.63) is 73.1 Å². The second-order valence-electron chi connectivity index (χ2n) is 5.22. The highest BCUT2D eigenvalue weighted by molar-refractivity contribution is 6.01. The molecule has 0 spiro atoms. The number of amides is 2. The first-order valence-corrected chi connectivity index (χ1v) is 7.25. The number of carbonyl (C=O) groups excluding carboxylic acids is 1. The number of nitrogens with zero attached hydrogens (tertiary/aromatic N) is 3. The zero-order chi connectivity index (χ0) is 15.8. The monoisotopic (exact) mass is 302 g/mol. The molecule has 0 saturated heterocycles. The molecule has 0 radical (unpaired) electrons. The smallest absolute Gasteiger partial charge is 0.338 e. The van der Waals surface area contributed by atoms with Gasteiger partial charge in [-0.3, -0.25) is 9.66 Å². The summed E-state index contributed by atoms with van der Waals surface area (Å²) in [6.07, 6.45) is 3.54. The maximum absolute atomic E-state index is 12.2. The van der Waals surface area contributed by atoms with Gasteiger partial charge in [-0.25, -0.2) is 4.79 Å². The minimum Gasteiger partial charge on any atom is -0.350 e. The van der Waals surface area contributed by atoms with E-state index in [0.29, 0.717) is 5.69 Å². The molecule has 0 unspecified atom stereocenters. The summed E-state index contributed by atoms with van der Waals surface area (Å²) >= 11 is 0. The predicted octanol–water partition coefficient (Wildman–Crippen LogP) is 3.54. The van der Waals surface area contributed by atoms with E-state index in [4.69, 9.17) is 5.73 Å². The van der Waals surface area contributed by atoms with Gasteiger partial charge in [0.05, 0.1) is 16.7 Å². The van der Waals surface area contributed by atoms with Crippen molar-refractivity contribution >= 4 is 33.5 Å². The van der Waals surface area contributed by atoms with Crippen LogP contribution in [0.1, 0.15) is 0 Å². The first-order valence-electron chi connectivity index (χ1n) is 7.25. The van der Waals surface area contributed by atoms with Crippen LogP contribution in [0.4, 0.5) is 10.5 Å². The Kier molecular flexibility index (Phi) is 2.98. The molecular formula is C18H14N4O. The molecule has 0 saturated carbocycles. The maximum Gasteiger partial charge on any atom is 0.338 e. The number of anilines is 1. The number of pyridine rings is 1. The Balaban J connectivity index is 2.00. The number of nitrogens with two attached hydrogens (primary N) is 1. The van der Waals surface area contributed by atoms with E-state index in [0.717, 1.165) is 21.8 Å². The van der Waals surface area contributed by atoms with Gasteiger partial charge in [-0.2, -0.15) is 5.01 Å². The molecule has 5 nitrogen and oxygen atoms in total. The average Bonchev–Trinajstić information content (AvgIpc) is 2.99. The Hall–Kier alpha value is -3.34. The first-order chi connectivity index (χ1) is 11.3. The number of rotatable bonds is 2. The van der Waals surface area contributed by atoms with Crippen molar-refractivity contribution in [3.8, 4) is 0 Å². The maximum atomic E-state index is 12.2. The fourth-order valence-electron chi connectivity index (χ4n) is 2.84. The fraction of sp³-hybridized carbons (Fsp3) is 0. The summed E-state index contributed by atoms with van der Waals surface area (Å²) in [5.41, 5.74) is 7.96. The van der Waals surface area contributed by atoms with Crippen molar-refractivity contribution in [1.82, 2.24) is 9.66 Å². The number of hydrogen-bond donors (Lipinski definition) is 1. The molecule has 0 aliphatic carbocycles. The van der Waals surface area contributed by atoms with Crippen LogP contribution >= 0.6 is 0 Å². The third-order valence-electron chi connectivity index (χ3n) is 3.84. The highest BCUT2D eigenvalue weighted by atomic mass is 16.2. The second kappa shape index (κ2) is 5.14. The van der Waals surface area contributed by atoms with Crippen LogP contribution in [0.15, 0.2) is 73.1 Å². The molecule has 0 atom stereocenters. The number of hydrogen-bond acceptors (Lipinski definition) is 2. The minimum absolute atomic E-state index is 0.565. The Morgan fingerprint density at radius 2 is 1.74 bits per heavy atom. The molecule has 112 valence electrons. The molecule has 2 aromatic carbocycles. The average molecular weight is 302 g/mol. The number of urea groups is 1. The Morgan fingerprint density at radius 1 is 0.957 bits per heavy atom. The Labute approximate surface area is 132 Å². The molecule has 0 fully saturated rings. The molecule has 2 N–H and O–H groups in total. The van der Waals surface area contributed by atoms with Crippen molar-refractivity contribution < 1.29 is 4.79 Å². The van der Waals surface area contributed by atoms with Gasteiger partial charge in [0.15, 0.2) is 0 Å². The normalized spacial score (nSPS) is 11.0. The van der Waals surface area contributed by atoms with Gasteiger partial charge in [0.1, 0.15) is 0 Å². The minimum atomic E-state index is -0.565. The van der Waals surface area contributed by atoms with E-state index in [1.165, 1.54) is 5.01 Å². The van der Waals surface area contributed by atoms with Crippen molar-refractivity contribution in [2.45, 2.75) is 0 Å². The van der Waals surface area contributed by atoms with Crippen LogP contribution in [0, 0.1) is 0 Å². The van der Waals surface area contributed by atoms with Crippen molar-refractivity contribution in [2.75, 3.05) is 5.01 Å². The number of primary amides is 1. The quantitative estimate of drug-likeness (QED) is 0.615. The van der Waals surface area contributed by atoms with Gasteiger partial charge < -0.3 is 5.73 Å². The number of para-hydroxylation sites is 2. The van der Waals surface area contributed by atoms with Gasteiger partial charge in [0, 0.05) is 23.2 Å². The van der Waals surface area contributed by atoms with E-state index < -0.39 is 6.03 Å². The van der Waals surface area contributed by atoms with Crippen LogP contribution in [-0.4, -0.2) is 15.7 Å². The lowest BCUT2D eigenvalue weighted by atomic mass is 10.2. The topological polar surface area (TPSA) is 64.2 Å². The molecular weight excluding hydrogens is 288 g/mol. The lowest BCUT2D eigenvalue weighted by molar-refractivity contribution is 0.252. The highest BCUT2D eigenvalue weighted by Gasteiger charge is 2.19. The first kappa shape index (κ1) is 13.3. The summed E-state index contributed by atoms with van der Waals surface area (Å²) in [4.78, 5) is 16.6. The molecule has 5 heteroatoms. The van der Waals surface area contributed by atoms with E-state index in [1.807, 2.05) is 66.9 Å². The van der Waals surface area contributed by atoms with Crippen LogP contribution in [0.2, 0.25) is 0 Å². The summed E-state index contributed by atoms with van der Waals surface area (Å²) in [6.45, 7) is 0. The van der Waals surface area contributed by atoms with E-state index in [-0.39, 0.29) is 0 Å². The summed E-state index contributed by atoms with van der Waals surface area (Å²) in [5.74, 6) is 0. The third kappa shape index (κ3) is 2.10. The molecule has 2 heterocycles. The molecule has 2 amide bonds. The Bertz CT molecular complexity index is 1020. The molecule has 4 rings (SSSR count). The number of benzene rings is 2. The van der Waals surface area contributed by atoms with Gasteiger partial charge >= 0.3 is 6.03 Å². The van der Waals surface area contributed by atoms with E-state index in [1.54, 1.807) is 10.9 Å². The Morgan fingerprint density at radius 3 is 2.61 bits per heavy atom. The van der Waals surface area contributed by atoms with Gasteiger partial charge in [0.2, 0.25) is 0 Å². The summed E-state index contributed by atoms with van der Waals surface area (Å²) < 4.78 is 1.75. The van der Waals surface area contributed by atoms with Crippen molar-refractivity contribution in [1.29, 1.82) is 0 Å². The summed E-state index contributed by atoms with van der Waals surface area (Å²) in [5, 5.41) is 3.43. The molecule has 0 aliphatic rings. The van der Waals surface area contributed by atoms with Crippen molar-refractivity contribution in [2.24, 2.45) is 5.73 Å². The summed E-state index contributed by atoms with van der Waals surface area (Å²) in [7, 11) is 0. The standard InChI is InChI=1S/C18H14N4O/c19-18(23)22(21-12-10-13-5-1-2-8-15(13)21)16-9-3-6-14-7-4-11-20-17(14)16/h1-12H,(H2,19,23). The van der Waals surface area contributed by atoms with Crippen LogP contribution in [0.3, 0.4) is 0 Å². The largest absolute Gasteiger partial charge is 0.350 e. The van der Waals surface area contributed by atoms with Gasteiger partial charge in [-0.1, -0.05) is 36.4 Å². The van der Waals surface area contributed by atoms with Crippen LogP contribution in [0.5, 0.6) is 0 Å². The number of carbonyl (C=O) groups is 1. The molecule has 4 aromatic rings. The van der Waals surface area contributed by atoms with E-state index >= 15 is 0 Å². The lowest BCUT2D eigenvalue weighted by Gasteiger charge is -2.23. The SMILES string of the molecule is NC(=O)N(c1cccc2cccnc12)n1ccc2ccccc21. The zero-order valence-electron chi connectivity index (χ0n) is 12.3. The molecule has 2 aromatic heterocycles. The summed E-state index contributed by atoms with van der Waals surface area (Å²) in [6, 6.07) is 18.7. The zero-order valence-corrected chi connectivity index (χ0v) is 12.3. The van der Waals surface area contributed by atoms with Gasteiger partial charge in [-0.05, 0) is 24.3 Å². The van der Waals surface area contributed by atoms with Gasteiger partial charge in [-0.15, -0.1) is 0 Å². The number of fused-ring (bicyclic) bond motifs is 2. The molecule has 0 bridgehead atoms. The van der Waals surface area contributed by atoms with Crippen molar-refractivity contribution in [3.63, 3.8) is 0 Å². The lowest BCUT2D eigenvalue weighted by Crippen LogP contribution is -2.39. The predicted molar refractivity (Wildman–Crippen MR) is 91.1 cm³/mol. The van der Waals surface area contributed by atoms with Gasteiger partial charge in [0.25, 0.3) is 0 Å². The van der Waals surface area contributed by atoms with Crippen LogP contribution in [-0.2, 0) is 0 Å². The fourth-order valence-corrected chi connectivity index (χ4v) is 2.84. The number of aromatic nitrogens is 2. The molecule has 0 aliphatic heterocycles. The van der Waals surface area contributed by atoms with Crippen LogP contribution < -0.4 is 10.7 Å². The van der Waals surface area contributed by atoms with E-state index in [2.05, 4.69) is 4.98 Å². The van der Waals surface area contributed by atoms with Crippen LogP contribution in [0.25, 0.3) is 21.8 Å². The van der Waals surface area contributed by atoms with E-state index in [9.17, 15) is 4.79 Å².